The normalized spacial score (nSPS) is 9.85. The van der Waals surface area contributed by atoms with Gasteiger partial charge >= 0.3 is 0 Å². The maximum Gasteiger partial charge on any atom is 0.271 e. The van der Waals surface area contributed by atoms with Gasteiger partial charge in [0.1, 0.15) is 23.1 Å². The van der Waals surface area contributed by atoms with Gasteiger partial charge in [0.25, 0.3) is 5.69 Å². The highest BCUT2D eigenvalue weighted by Gasteiger charge is 2.13. The number of benzene rings is 2. The molecule has 0 aromatic heterocycles. The summed E-state index contributed by atoms with van der Waals surface area (Å²) >= 11 is 6.04. The second kappa shape index (κ2) is 5.59. The van der Waals surface area contributed by atoms with Crippen molar-refractivity contribution >= 4 is 17.3 Å². The number of halogens is 1. The monoisotopic (exact) mass is 288 g/mol. The SMILES string of the molecule is Cc1ccc(Oc2ccc([N+](=O)[O-])cc2C#N)c(Cl)c1. The van der Waals surface area contributed by atoms with Crippen LogP contribution in [-0.4, -0.2) is 4.92 Å². The highest BCUT2D eigenvalue weighted by atomic mass is 35.5. The quantitative estimate of drug-likeness (QED) is 0.626. The van der Waals surface area contributed by atoms with Crippen molar-refractivity contribution in [2.24, 2.45) is 0 Å². The summed E-state index contributed by atoms with van der Waals surface area (Å²) in [5.74, 6) is 0.617. The molecule has 6 heteroatoms. The molecule has 0 N–H and O–H groups in total. The first-order chi connectivity index (χ1) is 9.51. The van der Waals surface area contributed by atoms with Gasteiger partial charge in [-0.15, -0.1) is 0 Å². The second-order valence-corrected chi connectivity index (χ2v) is 4.49. The Bertz CT molecular complexity index is 723. The first-order valence-electron chi connectivity index (χ1n) is 5.64. The van der Waals surface area contributed by atoms with Crippen molar-refractivity contribution in [3.8, 4) is 17.6 Å². The Kier molecular flexibility index (Phi) is 3.87. The lowest BCUT2D eigenvalue weighted by atomic mass is 10.2. The lowest BCUT2D eigenvalue weighted by Gasteiger charge is -2.09. The van der Waals surface area contributed by atoms with Crippen molar-refractivity contribution in [3.05, 3.63) is 62.7 Å². The number of non-ortho nitro benzene ring substituents is 1. The van der Waals surface area contributed by atoms with E-state index in [-0.39, 0.29) is 17.0 Å². The zero-order chi connectivity index (χ0) is 14.7. The summed E-state index contributed by atoms with van der Waals surface area (Å²) in [7, 11) is 0. The highest BCUT2D eigenvalue weighted by molar-refractivity contribution is 6.32. The van der Waals surface area contributed by atoms with Crippen LogP contribution in [0.15, 0.2) is 36.4 Å². The maximum absolute atomic E-state index is 10.7. The van der Waals surface area contributed by atoms with Crippen LogP contribution in [0, 0.1) is 28.4 Å². The first kappa shape index (κ1) is 13.8. The van der Waals surface area contributed by atoms with E-state index in [0.717, 1.165) is 11.6 Å². The molecule has 0 atom stereocenters. The number of rotatable bonds is 3. The van der Waals surface area contributed by atoms with Gasteiger partial charge < -0.3 is 4.74 Å². The highest BCUT2D eigenvalue weighted by Crippen LogP contribution is 2.33. The molecule has 2 aromatic rings. The Morgan fingerprint density at radius 2 is 1.95 bits per heavy atom. The molecular formula is C14H9ClN2O3. The van der Waals surface area contributed by atoms with E-state index in [4.69, 9.17) is 21.6 Å². The standard InChI is InChI=1S/C14H9ClN2O3/c1-9-2-4-14(12(15)6-9)20-13-5-3-11(17(18)19)7-10(13)8-16/h2-7H,1H3. The number of nitro benzene ring substituents is 1. The summed E-state index contributed by atoms with van der Waals surface area (Å²) in [4.78, 5) is 10.1. The Hall–Kier alpha value is -2.58. The van der Waals surface area contributed by atoms with E-state index < -0.39 is 4.92 Å². The number of ether oxygens (including phenoxy) is 1. The molecule has 0 bridgehead atoms. The fourth-order valence-electron chi connectivity index (χ4n) is 1.62. The molecule has 0 fully saturated rings. The average Bonchev–Trinajstić information content (AvgIpc) is 2.42. The summed E-state index contributed by atoms with van der Waals surface area (Å²) < 4.78 is 5.54. The molecule has 20 heavy (non-hydrogen) atoms. The van der Waals surface area contributed by atoms with Crippen LogP contribution in [0.25, 0.3) is 0 Å². The van der Waals surface area contributed by atoms with Gasteiger partial charge in [0.2, 0.25) is 0 Å². The van der Waals surface area contributed by atoms with Gasteiger partial charge in [0, 0.05) is 12.1 Å². The van der Waals surface area contributed by atoms with Crippen molar-refractivity contribution in [2.45, 2.75) is 6.92 Å². The van der Waals surface area contributed by atoms with E-state index >= 15 is 0 Å². The van der Waals surface area contributed by atoms with Crippen LogP contribution in [0.1, 0.15) is 11.1 Å². The number of nitrogens with zero attached hydrogens (tertiary/aromatic N) is 2. The minimum absolute atomic E-state index is 0.0795. The molecule has 0 aliphatic rings. The zero-order valence-corrected chi connectivity index (χ0v) is 11.2. The van der Waals surface area contributed by atoms with Gasteiger partial charge in [0.15, 0.2) is 0 Å². The Morgan fingerprint density at radius 1 is 1.25 bits per heavy atom. The number of aryl methyl sites for hydroxylation is 1. The first-order valence-corrected chi connectivity index (χ1v) is 6.01. The second-order valence-electron chi connectivity index (χ2n) is 4.09. The molecular weight excluding hydrogens is 280 g/mol. The molecule has 0 radical (unpaired) electrons. The number of nitro groups is 1. The lowest BCUT2D eigenvalue weighted by molar-refractivity contribution is -0.384. The zero-order valence-electron chi connectivity index (χ0n) is 10.5. The van der Waals surface area contributed by atoms with Crippen molar-refractivity contribution < 1.29 is 9.66 Å². The van der Waals surface area contributed by atoms with Gasteiger partial charge in [-0.3, -0.25) is 10.1 Å². The lowest BCUT2D eigenvalue weighted by Crippen LogP contribution is -1.93. The number of nitriles is 1. The van der Waals surface area contributed by atoms with Crippen LogP contribution in [0.3, 0.4) is 0 Å². The minimum Gasteiger partial charge on any atom is -0.454 e. The molecule has 100 valence electrons. The fourth-order valence-corrected chi connectivity index (χ4v) is 1.89. The Morgan fingerprint density at radius 3 is 2.55 bits per heavy atom. The molecule has 0 saturated carbocycles. The molecule has 0 spiro atoms. The summed E-state index contributed by atoms with van der Waals surface area (Å²) in [5.41, 5.74) is 0.895. The van der Waals surface area contributed by atoms with E-state index in [1.807, 2.05) is 19.1 Å². The minimum atomic E-state index is -0.566. The molecule has 0 aliphatic carbocycles. The van der Waals surface area contributed by atoms with Crippen molar-refractivity contribution in [1.82, 2.24) is 0 Å². The average molecular weight is 289 g/mol. The van der Waals surface area contributed by atoms with Crippen LogP contribution in [0.4, 0.5) is 5.69 Å². The number of hydrogen-bond donors (Lipinski definition) is 0. The molecule has 2 aromatic carbocycles. The molecule has 0 heterocycles. The summed E-state index contributed by atoms with van der Waals surface area (Å²) in [6.07, 6.45) is 0. The summed E-state index contributed by atoms with van der Waals surface area (Å²) in [6, 6.07) is 10.9. The Labute approximate surface area is 120 Å². The smallest absolute Gasteiger partial charge is 0.271 e. The van der Waals surface area contributed by atoms with E-state index in [2.05, 4.69) is 0 Å². The van der Waals surface area contributed by atoms with Crippen molar-refractivity contribution in [3.63, 3.8) is 0 Å². The van der Waals surface area contributed by atoms with E-state index in [9.17, 15) is 10.1 Å². The predicted octanol–water partition coefficient (Wildman–Crippen LogP) is 4.22. The third-order valence-electron chi connectivity index (χ3n) is 2.60. The van der Waals surface area contributed by atoms with Crippen molar-refractivity contribution in [1.29, 1.82) is 5.26 Å². The van der Waals surface area contributed by atoms with Crippen LogP contribution < -0.4 is 4.74 Å². The van der Waals surface area contributed by atoms with Gasteiger partial charge in [-0.2, -0.15) is 5.26 Å². The third-order valence-corrected chi connectivity index (χ3v) is 2.90. The fraction of sp³-hybridized carbons (Fsp3) is 0.0714. The van der Waals surface area contributed by atoms with Crippen LogP contribution in [0.5, 0.6) is 11.5 Å². The summed E-state index contributed by atoms with van der Waals surface area (Å²) in [6.45, 7) is 1.89. The molecule has 5 nitrogen and oxygen atoms in total. The van der Waals surface area contributed by atoms with Crippen LogP contribution in [0.2, 0.25) is 5.02 Å². The van der Waals surface area contributed by atoms with E-state index in [1.165, 1.54) is 12.1 Å². The van der Waals surface area contributed by atoms with Gasteiger partial charge in [-0.05, 0) is 30.7 Å². The van der Waals surface area contributed by atoms with Gasteiger partial charge in [-0.1, -0.05) is 17.7 Å². The molecule has 0 amide bonds. The van der Waals surface area contributed by atoms with E-state index in [0.29, 0.717) is 10.8 Å². The summed E-state index contributed by atoms with van der Waals surface area (Å²) in [5, 5.41) is 20.1. The Balaban J connectivity index is 2.39. The van der Waals surface area contributed by atoms with Gasteiger partial charge in [-0.25, -0.2) is 0 Å². The molecule has 0 saturated heterocycles. The molecule has 2 rings (SSSR count). The largest absolute Gasteiger partial charge is 0.454 e. The topological polar surface area (TPSA) is 76.2 Å². The maximum atomic E-state index is 10.7. The van der Waals surface area contributed by atoms with Crippen LogP contribution >= 0.6 is 11.6 Å². The number of hydrogen-bond acceptors (Lipinski definition) is 4. The molecule has 0 unspecified atom stereocenters. The van der Waals surface area contributed by atoms with Crippen LogP contribution in [-0.2, 0) is 0 Å². The molecule has 0 aliphatic heterocycles. The third kappa shape index (κ3) is 2.87. The van der Waals surface area contributed by atoms with Gasteiger partial charge in [0.05, 0.1) is 9.95 Å². The van der Waals surface area contributed by atoms with Crippen molar-refractivity contribution in [2.75, 3.05) is 0 Å². The van der Waals surface area contributed by atoms with E-state index in [1.54, 1.807) is 12.1 Å². The predicted molar refractivity (Wildman–Crippen MR) is 74.1 cm³/mol.